The Balaban J connectivity index is 0.000000383. The first-order valence-electron chi connectivity index (χ1n) is 9.98. The van der Waals surface area contributed by atoms with Crippen molar-refractivity contribution >= 4 is 16.9 Å². The van der Waals surface area contributed by atoms with Crippen LogP contribution in [-0.4, -0.2) is 42.0 Å². The molecule has 3 N–H and O–H groups in total. The smallest absolute Gasteiger partial charge is 0.475 e. The van der Waals surface area contributed by atoms with E-state index in [-0.39, 0.29) is 6.04 Å². The van der Waals surface area contributed by atoms with Crippen molar-refractivity contribution < 1.29 is 23.1 Å². The van der Waals surface area contributed by atoms with E-state index in [1.54, 1.807) is 11.0 Å². The van der Waals surface area contributed by atoms with Gasteiger partial charge in [-0.05, 0) is 55.7 Å². The van der Waals surface area contributed by atoms with Crippen LogP contribution in [-0.2, 0) is 11.3 Å². The van der Waals surface area contributed by atoms with Crippen molar-refractivity contribution in [1.82, 2.24) is 30.0 Å². The SMILES string of the molecule is Cc1[nH]c2ccc(CNC(C)c3ccc(-n4cncn4)nc3)cc2c1C.O=C(O)C(F)(F)F. The predicted molar refractivity (Wildman–Crippen MR) is 116 cm³/mol. The molecule has 0 spiro atoms. The average Bonchev–Trinajstić information content (AvgIpc) is 3.41. The first kappa shape index (κ1) is 23.9. The Bertz CT molecular complexity index is 1220. The summed E-state index contributed by atoms with van der Waals surface area (Å²) < 4.78 is 33.4. The summed E-state index contributed by atoms with van der Waals surface area (Å²) in [7, 11) is 0. The van der Waals surface area contributed by atoms with Crippen LogP contribution >= 0.6 is 0 Å². The van der Waals surface area contributed by atoms with Crippen LogP contribution in [0.25, 0.3) is 16.7 Å². The molecule has 1 atom stereocenters. The molecule has 0 fully saturated rings. The maximum Gasteiger partial charge on any atom is 0.490 e. The second-order valence-corrected chi connectivity index (χ2v) is 7.45. The van der Waals surface area contributed by atoms with Gasteiger partial charge in [0, 0.05) is 35.4 Å². The lowest BCUT2D eigenvalue weighted by molar-refractivity contribution is -0.192. The molecule has 1 unspecified atom stereocenters. The van der Waals surface area contributed by atoms with Crippen molar-refractivity contribution in [3.05, 3.63) is 71.6 Å². The maximum absolute atomic E-state index is 10.6. The zero-order valence-electron chi connectivity index (χ0n) is 18.2. The van der Waals surface area contributed by atoms with Crippen molar-refractivity contribution in [2.45, 2.75) is 39.5 Å². The number of carboxylic acids is 1. The summed E-state index contributed by atoms with van der Waals surface area (Å²) in [5.41, 5.74) is 6.17. The van der Waals surface area contributed by atoms with E-state index in [0.29, 0.717) is 0 Å². The fraction of sp³-hybridized carbons (Fsp3) is 0.273. The summed E-state index contributed by atoms with van der Waals surface area (Å²) in [6.45, 7) is 7.24. The number of pyridine rings is 1. The number of nitrogens with one attached hydrogen (secondary N) is 2. The molecule has 1 aromatic carbocycles. The molecular weight excluding hydrogens is 437 g/mol. The highest BCUT2D eigenvalue weighted by molar-refractivity contribution is 5.85. The summed E-state index contributed by atoms with van der Waals surface area (Å²) in [6.07, 6.45) is -0.0492. The van der Waals surface area contributed by atoms with Crippen LogP contribution in [0.4, 0.5) is 13.2 Å². The Kier molecular flexibility index (Phi) is 7.12. The molecule has 33 heavy (non-hydrogen) atoms. The molecule has 0 aliphatic heterocycles. The predicted octanol–water partition coefficient (Wildman–Crippen LogP) is 4.24. The summed E-state index contributed by atoms with van der Waals surface area (Å²) in [5.74, 6) is -1.99. The summed E-state index contributed by atoms with van der Waals surface area (Å²) in [4.78, 5) is 20.7. The highest BCUT2D eigenvalue weighted by Gasteiger charge is 2.38. The number of hydrogen-bond donors (Lipinski definition) is 3. The minimum Gasteiger partial charge on any atom is -0.475 e. The number of carbonyl (C=O) groups is 1. The number of benzene rings is 1. The summed E-state index contributed by atoms with van der Waals surface area (Å²) >= 11 is 0. The number of alkyl halides is 3. The van der Waals surface area contributed by atoms with Crippen molar-refractivity contribution in [3.8, 4) is 5.82 Å². The molecule has 3 heterocycles. The van der Waals surface area contributed by atoms with Crippen LogP contribution in [0.3, 0.4) is 0 Å². The van der Waals surface area contributed by atoms with E-state index < -0.39 is 12.1 Å². The monoisotopic (exact) mass is 460 g/mol. The highest BCUT2D eigenvalue weighted by Crippen LogP contribution is 2.23. The molecule has 0 aliphatic carbocycles. The van der Waals surface area contributed by atoms with Crippen molar-refractivity contribution in [3.63, 3.8) is 0 Å². The van der Waals surface area contributed by atoms with Crippen LogP contribution < -0.4 is 5.32 Å². The van der Waals surface area contributed by atoms with Gasteiger partial charge in [0.2, 0.25) is 0 Å². The molecule has 0 saturated carbocycles. The van der Waals surface area contributed by atoms with Gasteiger partial charge in [0.15, 0.2) is 5.82 Å². The molecule has 8 nitrogen and oxygen atoms in total. The quantitative estimate of drug-likeness (QED) is 0.411. The van der Waals surface area contributed by atoms with Gasteiger partial charge in [0.25, 0.3) is 0 Å². The van der Waals surface area contributed by atoms with Crippen LogP contribution in [0.2, 0.25) is 0 Å². The molecule has 11 heteroatoms. The largest absolute Gasteiger partial charge is 0.490 e. The number of halogens is 3. The lowest BCUT2D eigenvalue weighted by atomic mass is 10.1. The number of aromatic amines is 1. The third-order valence-corrected chi connectivity index (χ3v) is 5.15. The van der Waals surface area contributed by atoms with E-state index in [4.69, 9.17) is 9.90 Å². The van der Waals surface area contributed by atoms with Crippen molar-refractivity contribution in [1.29, 1.82) is 0 Å². The highest BCUT2D eigenvalue weighted by atomic mass is 19.4. The molecule has 4 aromatic rings. The van der Waals surface area contributed by atoms with Gasteiger partial charge >= 0.3 is 12.1 Å². The van der Waals surface area contributed by atoms with Gasteiger partial charge in [0.1, 0.15) is 12.7 Å². The molecule has 0 radical (unpaired) electrons. The average molecular weight is 460 g/mol. The first-order chi connectivity index (χ1) is 15.6. The normalized spacial score (nSPS) is 12.3. The zero-order valence-corrected chi connectivity index (χ0v) is 18.2. The van der Waals surface area contributed by atoms with E-state index in [0.717, 1.165) is 17.9 Å². The maximum atomic E-state index is 10.6. The Hall–Kier alpha value is -3.73. The molecule has 0 amide bonds. The standard InChI is InChI=1S/C20H22N6.C2HF3O2/c1-13-14(2)25-19-6-4-16(8-18(13)19)9-22-15(3)17-5-7-20(23-10-17)26-12-21-11-24-26;3-2(4,5)1(6)7/h4-8,10-12,15,22,25H,9H2,1-3H3;(H,6,7). The zero-order chi connectivity index (χ0) is 24.2. The van der Waals surface area contributed by atoms with Gasteiger partial charge in [-0.1, -0.05) is 12.1 Å². The third kappa shape index (κ3) is 5.95. The second kappa shape index (κ2) is 9.82. The molecule has 3 aromatic heterocycles. The van der Waals surface area contributed by atoms with Crippen LogP contribution in [0.1, 0.15) is 35.3 Å². The van der Waals surface area contributed by atoms with E-state index in [9.17, 15) is 13.2 Å². The summed E-state index contributed by atoms with van der Waals surface area (Å²) in [5, 5.41) is 16.1. The molecule has 0 bridgehead atoms. The molecule has 174 valence electrons. The molecule has 4 rings (SSSR count). The number of fused-ring (bicyclic) bond motifs is 1. The van der Waals surface area contributed by atoms with Crippen LogP contribution in [0.15, 0.2) is 49.2 Å². The van der Waals surface area contributed by atoms with E-state index >= 15 is 0 Å². The van der Waals surface area contributed by atoms with Gasteiger partial charge in [-0.15, -0.1) is 0 Å². The number of aryl methyl sites for hydroxylation is 2. The summed E-state index contributed by atoms with van der Waals surface area (Å²) in [6, 6.07) is 10.8. The fourth-order valence-corrected chi connectivity index (χ4v) is 3.12. The number of nitrogens with zero attached hydrogens (tertiary/aromatic N) is 4. The minimum absolute atomic E-state index is 0.206. The minimum atomic E-state index is -5.08. The first-order valence-corrected chi connectivity index (χ1v) is 9.98. The van der Waals surface area contributed by atoms with Crippen molar-refractivity contribution in [2.24, 2.45) is 0 Å². The number of aromatic nitrogens is 5. The van der Waals surface area contributed by atoms with E-state index in [2.05, 4.69) is 70.4 Å². The lowest BCUT2D eigenvalue weighted by Gasteiger charge is -2.14. The Morgan fingerprint density at radius 3 is 2.55 bits per heavy atom. The number of carboxylic acid groups (broad SMARTS) is 1. The third-order valence-electron chi connectivity index (χ3n) is 5.15. The molecule has 0 aliphatic rings. The lowest BCUT2D eigenvalue weighted by Crippen LogP contribution is -2.21. The number of hydrogen-bond acceptors (Lipinski definition) is 5. The van der Waals surface area contributed by atoms with Crippen molar-refractivity contribution in [2.75, 3.05) is 0 Å². The van der Waals surface area contributed by atoms with Crippen LogP contribution in [0.5, 0.6) is 0 Å². The van der Waals surface area contributed by atoms with Gasteiger partial charge in [0.05, 0.1) is 0 Å². The van der Waals surface area contributed by atoms with Crippen LogP contribution in [0, 0.1) is 13.8 Å². The van der Waals surface area contributed by atoms with Gasteiger partial charge in [-0.25, -0.2) is 19.4 Å². The Morgan fingerprint density at radius 1 is 1.24 bits per heavy atom. The van der Waals surface area contributed by atoms with E-state index in [1.165, 1.54) is 34.1 Å². The van der Waals surface area contributed by atoms with Gasteiger partial charge in [-0.2, -0.15) is 18.3 Å². The second-order valence-electron chi connectivity index (χ2n) is 7.45. The Labute approximate surface area is 187 Å². The molecule has 0 saturated heterocycles. The Morgan fingerprint density at radius 2 is 1.97 bits per heavy atom. The number of H-pyrrole nitrogens is 1. The number of aliphatic carboxylic acids is 1. The van der Waals surface area contributed by atoms with Gasteiger partial charge in [-0.3, -0.25) is 0 Å². The molecular formula is C22H23F3N6O2. The fourth-order valence-electron chi connectivity index (χ4n) is 3.12. The number of rotatable bonds is 5. The van der Waals surface area contributed by atoms with Gasteiger partial charge < -0.3 is 15.4 Å². The van der Waals surface area contributed by atoms with E-state index in [1.807, 2.05) is 12.3 Å². The topological polar surface area (TPSA) is 109 Å².